The summed E-state index contributed by atoms with van der Waals surface area (Å²) < 4.78 is 13.2. The number of aromatic nitrogens is 2. The molecule has 1 aliphatic rings. The topological polar surface area (TPSA) is 92.4 Å². The number of methoxy groups -OCH3 is 1. The molecule has 3 rings (SSSR count). The summed E-state index contributed by atoms with van der Waals surface area (Å²) in [4.78, 5) is 19.6. The van der Waals surface area contributed by atoms with Gasteiger partial charge in [-0.3, -0.25) is 15.0 Å². The van der Waals surface area contributed by atoms with Crippen LogP contribution in [0.2, 0.25) is 0 Å². The van der Waals surface area contributed by atoms with Crippen molar-refractivity contribution in [3.05, 3.63) is 39.7 Å². The van der Waals surface area contributed by atoms with Crippen molar-refractivity contribution < 1.29 is 14.3 Å². The number of rotatable bonds is 8. The molecular formula is C24H33N5O3S. The van der Waals surface area contributed by atoms with Gasteiger partial charge in [-0.05, 0) is 52.3 Å². The molecule has 1 amide bonds. The van der Waals surface area contributed by atoms with Gasteiger partial charge in [0.25, 0.3) is 5.91 Å². The number of aryl methyl sites for hydroxylation is 1. The number of thiazole rings is 1. The number of carbonyl (C=O) groups is 1. The summed E-state index contributed by atoms with van der Waals surface area (Å²) in [6.07, 6.45) is 2.02. The van der Waals surface area contributed by atoms with E-state index in [2.05, 4.69) is 40.5 Å². The first-order chi connectivity index (χ1) is 15.7. The number of ether oxygens (including phenoxy) is 2. The highest BCUT2D eigenvalue weighted by Gasteiger charge is 2.23. The number of nitriles is 1. The number of morpholine rings is 1. The van der Waals surface area contributed by atoms with Gasteiger partial charge in [-0.15, -0.1) is 11.3 Å². The molecule has 8 nitrogen and oxygen atoms in total. The summed E-state index contributed by atoms with van der Waals surface area (Å²) in [5, 5.41) is 14.8. The van der Waals surface area contributed by atoms with Gasteiger partial charge < -0.3 is 14.0 Å². The Morgan fingerprint density at radius 1 is 1.42 bits per heavy atom. The summed E-state index contributed by atoms with van der Waals surface area (Å²) in [5.41, 5.74) is 3.83. The third kappa shape index (κ3) is 6.30. The SMILES string of the molecule is COCC(C)n1c(C)cc(/C=C(/C#N)C(=O)Nc2nc(CN3CC(C)OC(C)C3)cs2)c1C. The van der Waals surface area contributed by atoms with Crippen LogP contribution in [0.3, 0.4) is 0 Å². The maximum absolute atomic E-state index is 12.8. The number of anilines is 1. The Hall–Kier alpha value is -2.51. The lowest BCUT2D eigenvalue weighted by molar-refractivity contribution is -0.112. The average molecular weight is 472 g/mol. The fraction of sp³-hybridized carbons (Fsp3) is 0.542. The van der Waals surface area contributed by atoms with E-state index in [4.69, 9.17) is 9.47 Å². The van der Waals surface area contributed by atoms with Crippen LogP contribution in [0.15, 0.2) is 17.0 Å². The molecule has 3 atom stereocenters. The average Bonchev–Trinajstić information content (AvgIpc) is 3.28. The Balaban J connectivity index is 1.69. The normalized spacial score (nSPS) is 20.5. The standard InChI is InChI=1S/C24H33N5O3S/c1-15-7-20(19(5)29(15)16(2)13-31-6)8-21(9-25)23(30)27-24-26-22(14-33-24)12-28-10-17(3)32-18(4)11-28/h7-8,14,16-18H,10-13H2,1-6H3,(H,26,27,30)/b21-8-. The van der Waals surface area contributed by atoms with Gasteiger partial charge in [-0.25, -0.2) is 4.98 Å². The van der Waals surface area contributed by atoms with Crippen LogP contribution in [0.4, 0.5) is 5.13 Å². The van der Waals surface area contributed by atoms with E-state index in [1.165, 1.54) is 11.3 Å². The first-order valence-corrected chi connectivity index (χ1v) is 12.0. The van der Waals surface area contributed by atoms with Crippen LogP contribution in [-0.4, -0.2) is 59.4 Å². The first kappa shape index (κ1) is 25.1. The molecule has 0 radical (unpaired) electrons. The second-order valence-corrected chi connectivity index (χ2v) is 9.58. The van der Waals surface area contributed by atoms with Crippen molar-refractivity contribution in [1.82, 2.24) is 14.5 Å². The van der Waals surface area contributed by atoms with E-state index in [0.717, 1.165) is 35.7 Å². The molecule has 0 aliphatic carbocycles. The van der Waals surface area contributed by atoms with Gasteiger partial charge in [-0.2, -0.15) is 5.26 Å². The third-order valence-corrected chi connectivity index (χ3v) is 6.50. The van der Waals surface area contributed by atoms with E-state index in [1.807, 2.05) is 31.4 Å². The molecule has 3 heterocycles. The molecule has 2 aromatic heterocycles. The fourth-order valence-corrected chi connectivity index (χ4v) is 5.19. The largest absolute Gasteiger partial charge is 0.383 e. The Bertz CT molecular complexity index is 1040. The van der Waals surface area contributed by atoms with E-state index >= 15 is 0 Å². The molecular weight excluding hydrogens is 438 g/mol. The molecule has 1 fully saturated rings. The third-order valence-electron chi connectivity index (χ3n) is 5.69. The number of nitrogens with one attached hydrogen (secondary N) is 1. The second-order valence-electron chi connectivity index (χ2n) is 8.72. The maximum Gasteiger partial charge on any atom is 0.268 e. The molecule has 1 aliphatic heterocycles. The lowest BCUT2D eigenvalue weighted by atomic mass is 10.1. The van der Waals surface area contributed by atoms with Gasteiger partial charge in [0.2, 0.25) is 0 Å². The molecule has 3 unspecified atom stereocenters. The Morgan fingerprint density at radius 3 is 2.76 bits per heavy atom. The minimum Gasteiger partial charge on any atom is -0.383 e. The van der Waals surface area contributed by atoms with E-state index in [1.54, 1.807) is 13.2 Å². The predicted molar refractivity (Wildman–Crippen MR) is 130 cm³/mol. The van der Waals surface area contributed by atoms with Gasteiger partial charge in [0.05, 0.1) is 30.6 Å². The lowest BCUT2D eigenvalue weighted by Gasteiger charge is -2.34. The highest BCUT2D eigenvalue weighted by Crippen LogP contribution is 2.24. The highest BCUT2D eigenvalue weighted by molar-refractivity contribution is 7.14. The van der Waals surface area contributed by atoms with Crippen molar-refractivity contribution in [3.8, 4) is 6.07 Å². The molecule has 0 aromatic carbocycles. The molecule has 0 spiro atoms. The van der Waals surface area contributed by atoms with E-state index < -0.39 is 5.91 Å². The summed E-state index contributed by atoms with van der Waals surface area (Å²) in [6, 6.07) is 4.17. The second kappa shape index (κ2) is 11.1. The molecule has 1 saturated heterocycles. The molecule has 178 valence electrons. The zero-order valence-electron chi connectivity index (χ0n) is 20.2. The van der Waals surface area contributed by atoms with Crippen LogP contribution >= 0.6 is 11.3 Å². The molecule has 1 N–H and O–H groups in total. The first-order valence-electron chi connectivity index (χ1n) is 11.1. The Labute approximate surface area is 199 Å². The van der Waals surface area contributed by atoms with Crippen LogP contribution in [0, 0.1) is 25.2 Å². The van der Waals surface area contributed by atoms with Gasteiger partial charge in [0.1, 0.15) is 11.6 Å². The Kier molecular flexibility index (Phi) is 8.43. The van der Waals surface area contributed by atoms with Gasteiger partial charge in [0, 0.05) is 43.5 Å². The summed E-state index contributed by atoms with van der Waals surface area (Å²) in [6.45, 7) is 13.2. The minimum absolute atomic E-state index is 0.0437. The number of hydrogen-bond donors (Lipinski definition) is 1. The number of hydrogen-bond acceptors (Lipinski definition) is 7. The predicted octanol–water partition coefficient (Wildman–Crippen LogP) is 3.92. The van der Waals surface area contributed by atoms with Crippen LogP contribution in [0.25, 0.3) is 6.08 Å². The van der Waals surface area contributed by atoms with Crippen molar-refractivity contribution >= 4 is 28.5 Å². The number of amides is 1. The van der Waals surface area contributed by atoms with E-state index in [0.29, 0.717) is 18.3 Å². The van der Waals surface area contributed by atoms with Crippen molar-refractivity contribution in [3.63, 3.8) is 0 Å². The molecule has 2 aromatic rings. The van der Waals surface area contributed by atoms with Crippen LogP contribution in [-0.2, 0) is 20.8 Å². The summed E-state index contributed by atoms with van der Waals surface area (Å²) in [7, 11) is 1.68. The smallest absolute Gasteiger partial charge is 0.268 e. The monoisotopic (exact) mass is 471 g/mol. The molecule has 33 heavy (non-hydrogen) atoms. The Morgan fingerprint density at radius 2 is 2.12 bits per heavy atom. The highest BCUT2D eigenvalue weighted by atomic mass is 32.1. The van der Waals surface area contributed by atoms with Gasteiger partial charge >= 0.3 is 0 Å². The van der Waals surface area contributed by atoms with Crippen LogP contribution in [0.5, 0.6) is 0 Å². The van der Waals surface area contributed by atoms with E-state index in [9.17, 15) is 10.1 Å². The maximum atomic E-state index is 12.8. The van der Waals surface area contributed by atoms with Gasteiger partial charge in [-0.1, -0.05) is 0 Å². The van der Waals surface area contributed by atoms with Crippen molar-refractivity contribution in [2.75, 3.05) is 32.1 Å². The summed E-state index contributed by atoms with van der Waals surface area (Å²) >= 11 is 1.37. The van der Waals surface area contributed by atoms with Gasteiger partial charge in [0.15, 0.2) is 5.13 Å². The zero-order valence-corrected chi connectivity index (χ0v) is 21.0. The van der Waals surface area contributed by atoms with Crippen LogP contribution in [0.1, 0.15) is 49.5 Å². The molecule has 9 heteroatoms. The zero-order chi connectivity index (χ0) is 24.1. The molecule has 0 saturated carbocycles. The summed E-state index contributed by atoms with van der Waals surface area (Å²) in [5.74, 6) is -0.457. The number of nitrogens with zero attached hydrogens (tertiary/aromatic N) is 4. The van der Waals surface area contributed by atoms with Crippen LogP contribution < -0.4 is 5.32 Å². The quantitative estimate of drug-likeness (QED) is 0.463. The fourth-order valence-electron chi connectivity index (χ4n) is 4.49. The van der Waals surface area contributed by atoms with Crippen molar-refractivity contribution in [1.29, 1.82) is 5.26 Å². The van der Waals surface area contributed by atoms with E-state index in [-0.39, 0.29) is 23.8 Å². The van der Waals surface area contributed by atoms with Crippen molar-refractivity contribution in [2.45, 2.75) is 59.4 Å². The lowest BCUT2D eigenvalue weighted by Crippen LogP contribution is -2.44. The van der Waals surface area contributed by atoms with Crippen molar-refractivity contribution in [2.24, 2.45) is 0 Å². The number of carbonyl (C=O) groups excluding carboxylic acids is 1. The molecule has 0 bridgehead atoms. The minimum atomic E-state index is -0.457.